The summed E-state index contributed by atoms with van der Waals surface area (Å²) in [5.74, 6) is -0.314. The summed E-state index contributed by atoms with van der Waals surface area (Å²) in [6.07, 6.45) is 0. The Labute approximate surface area is 135 Å². The molecule has 2 N–H and O–H groups in total. The molecule has 0 unspecified atom stereocenters. The van der Waals surface area contributed by atoms with Crippen LogP contribution >= 0.6 is 0 Å². The lowest BCUT2D eigenvalue weighted by Crippen LogP contribution is -2.23. The molecule has 8 heteroatoms. The fourth-order valence-corrected chi connectivity index (χ4v) is 3.68. The number of nitrogens with one attached hydrogen (secondary N) is 1. The van der Waals surface area contributed by atoms with E-state index in [1.54, 1.807) is 19.1 Å². The van der Waals surface area contributed by atoms with Gasteiger partial charge in [0.15, 0.2) is 0 Å². The Morgan fingerprint density at radius 2 is 1.75 bits per heavy atom. The number of hydrogen-bond donors (Lipinski definition) is 2. The van der Waals surface area contributed by atoms with Crippen LogP contribution in [0.5, 0.6) is 5.75 Å². The summed E-state index contributed by atoms with van der Waals surface area (Å²) in [6.45, 7) is 1.68. The highest BCUT2D eigenvalue weighted by Gasteiger charge is 2.49. The molecule has 0 saturated heterocycles. The second kappa shape index (κ2) is 5.27. The predicted molar refractivity (Wildman–Crippen MR) is 83.4 cm³/mol. The summed E-state index contributed by atoms with van der Waals surface area (Å²) in [7, 11) is -5.61. The van der Waals surface area contributed by atoms with Gasteiger partial charge in [0.05, 0.1) is 5.69 Å². The maximum atomic E-state index is 13.1. The summed E-state index contributed by atoms with van der Waals surface area (Å²) in [4.78, 5) is 1.80. The average molecular weight is 355 g/mol. The van der Waals surface area contributed by atoms with Crippen molar-refractivity contribution in [3.63, 3.8) is 0 Å². The summed E-state index contributed by atoms with van der Waals surface area (Å²) in [6, 6.07) is 10.1. The number of fused-ring (bicyclic) bond motifs is 1. The fourth-order valence-electron chi connectivity index (χ4n) is 2.55. The molecule has 0 saturated carbocycles. The van der Waals surface area contributed by atoms with Crippen molar-refractivity contribution in [3.05, 3.63) is 48.0 Å². The van der Waals surface area contributed by atoms with Crippen LogP contribution in [0.3, 0.4) is 0 Å². The van der Waals surface area contributed by atoms with Crippen molar-refractivity contribution in [2.24, 2.45) is 0 Å². The Morgan fingerprint density at radius 1 is 1.08 bits per heavy atom. The van der Waals surface area contributed by atoms with Crippen molar-refractivity contribution in [1.82, 2.24) is 4.98 Å². The van der Waals surface area contributed by atoms with Crippen molar-refractivity contribution < 1.29 is 26.7 Å². The Morgan fingerprint density at radius 3 is 2.42 bits per heavy atom. The van der Waals surface area contributed by atoms with Crippen LogP contribution in [0.15, 0.2) is 47.4 Å². The molecule has 2 aromatic carbocycles. The van der Waals surface area contributed by atoms with Crippen LogP contribution in [0.1, 0.15) is 5.56 Å². The van der Waals surface area contributed by atoms with Gasteiger partial charge in [-0.15, -0.1) is 0 Å². The number of phenolic OH excluding ortho intramolecular Hbond substituents is 1. The molecular formula is C16H12F3NO3S. The molecule has 4 nitrogen and oxygen atoms in total. The third-order valence-electron chi connectivity index (χ3n) is 3.65. The first-order valence-electron chi connectivity index (χ1n) is 6.85. The molecule has 3 rings (SSSR count). The molecule has 0 bridgehead atoms. The van der Waals surface area contributed by atoms with Gasteiger partial charge in [0.1, 0.15) is 10.6 Å². The zero-order chi connectivity index (χ0) is 17.7. The number of aromatic hydroxyl groups is 1. The van der Waals surface area contributed by atoms with Crippen LogP contribution in [0.4, 0.5) is 13.2 Å². The second-order valence-corrected chi connectivity index (χ2v) is 7.22. The normalized spacial score (nSPS) is 12.7. The lowest BCUT2D eigenvalue weighted by molar-refractivity contribution is -0.0435. The highest BCUT2D eigenvalue weighted by molar-refractivity contribution is 7.92. The van der Waals surface area contributed by atoms with Gasteiger partial charge in [0.2, 0.25) is 0 Å². The molecule has 0 aliphatic carbocycles. The SMILES string of the molecule is Cc1ccc(O)c(-c2[nH]c3ccccc3c2S(=O)(=O)C(F)(F)F)c1. The van der Waals surface area contributed by atoms with Crippen LogP contribution in [-0.2, 0) is 9.84 Å². The van der Waals surface area contributed by atoms with Gasteiger partial charge in [-0.3, -0.25) is 0 Å². The van der Waals surface area contributed by atoms with Crippen molar-refractivity contribution in [2.45, 2.75) is 17.3 Å². The quantitative estimate of drug-likeness (QED) is 0.726. The monoisotopic (exact) mass is 355 g/mol. The molecule has 0 spiro atoms. The number of rotatable bonds is 2. The first kappa shape index (κ1) is 16.4. The number of hydrogen-bond acceptors (Lipinski definition) is 3. The molecule has 0 fully saturated rings. The summed E-state index contributed by atoms with van der Waals surface area (Å²) in [5.41, 5.74) is -4.84. The Balaban J connectivity index is 2.46. The van der Waals surface area contributed by atoms with E-state index in [0.717, 1.165) is 0 Å². The third-order valence-corrected chi connectivity index (χ3v) is 5.22. The van der Waals surface area contributed by atoms with E-state index < -0.39 is 20.2 Å². The molecule has 0 radical (unpaired) electrons. The van der Waals surface area contributed by atoms with Crippen LogP contribution in [0.2, 0.25) is 0 Å². The van der Waals surface area contributed by atoms with Gasteiger partial charge in [-0.25, -0.2) is 8.42 Å². The van der Waals surface area contributed by atoms with Crippen molar-refractivity contribution >= 4 is 20.7 Å². The number of phenols is 1. The standard InChI is InChI=1S/C16H12F3NO3S/c1-9-6-7-13(21)11(8-9)14-15(24(22,23)16(17,18)19)10-4-2-3-5-12(10)20-14/h2-8,20-21H,1H3. The Bertz CT molecular complexity index is 1040. The Kier molecular flexibility index (Phi) is 3.60. The number of aromatic nitrogens is 1. The van der Waals surface area contributed by atoms with Crippen LogP contribution in [0, 0.1) is 6.92 Å². The minimum atomic E-state index is -5.61. The summed E-state index contributed by atoms with van der Waals surface area (Å²) in [5, 5.41) is 9.93. The molecule has 126 valence electrons. The highest BCUT2D eigenvalue weighted by atomic mass is 32.2. The topological polar surface area (TPSA) is 70.2 Å². The maximum absolute atomic E-state index is 13.1. The van der Waals surface area contributed by atoms with E-state index in [0.29, 0.717) is 5.56 Å². The number of para-hydroxylation sites is 1. The fraction of sp³-hybridized carbons (Fsp3) is 0.125. The van der Waals surface area contributed by atoms with Crippen LogP contribution in [0.25, 0.3) is 22.2 Å². The zero-order valence-electron chi connectivity index (χ0n) is 12.3. The molecule has 3 aromatic rings. The minimum absolute atomic E-state index is 0.00553. The molecule has 1 aromatic heterocycles. The molecule has 0 amide bonds. The highest BCUT2D eigenvalue weighted by Crippen LogP contribution is 2.43. The van der Waals surface area contributed by atoms with E-state index in [2.05, 4.69) is 4.98 Å². The summed E-state index contributed by atoms with van der Waals surface area (Å²) < 4.78 is 63.6. The van der Waals surface area contributed by atoms with Crippen LogP contribution in [-0.4, -0.2) is 24.0 Å². The number of halogens is 3. The van der Waals surface area contributed by atoms with Gasteiger partial charge >= 0.3 is 5.51 Å². The number of H-pyrrole nitrogens is 1. The van der Waals surface area contributed by atoms with Gasteiger partial charge in [-0.2, -0.15) is 13.2 Å². The third kappa shape index (κ3) is 2.43. The minimum Gasteiger partial charge on any atom is -0.507 e. The molecule has 0 atom stereocenters. The molecule has 0 aliphatic heterocycles. The zero-order valence-corrected chi connectivity index (χ0v) is 13.2. The van der Waals surface area contributed by atoms with Gasteiger partial charge in [0, 0.05) is 16.5 Å². The maximum Gasteiger partial charge on any atom is 0.502 e. The first-order valence-corrected chi connectivity index (χ1v) is 8.33. The van der Waals surface area contributed by atoms with E-state index in [1.807, 2.05) is 0 Å². The molecule has 0 aliphatic rings. The van der Waals surface area contributed by atoms with E-state index in [4.69, 9.17) is 0 Å². The van der Waals surface area contributed by atoms with Crippen LogP contribution < -0.4 is 0 Å². The van der Waals surface area contributed by atoms with Crippen molar-refractivity contribution in [2.75, 3.05) is 0 Å². The average Bonchev–Trinajstić information content (AvgIpc) is 2.88. The van der Waals surface area contributed by atoms with E-state index in [9.17, 15) is 26.7 Å². The number of benzene rings is 2. The van der Waals surface area contributed by atoms with Gasteiger partial charge in [-0.05, 0) is 25.1 Å². The number of alkyl halides is 3. The molecule has 24 heavy (non-hydrogen) atoms. The lowest BCUT2D eigenvalue weighted by Gasteiger charge is -2.11. The lowest BCUT2D eigenvalue weighted by atomic mass is 10.1. The molecular weight excluding hydrogens is 343 g/mol. The number of aryl methyl sites for hydroxylation is 1. The van der Waals surface area contributed by atoms with Gasteiger partial charge in [-0.1, -0.05) is 29.8 Å². The van der Waals surface area contributed by atoms with E-state index in [1.165, 1.54) is 30.3 Å². The van der Waals surface area contributed by atoms with Gasteiger partial charge < -0.3 is 10.1 Å². The predicted octanol–water partition coefficient (Wildman–Crippen LogP) is 4.14. The van der Waals surface area contributed by atoms with Crippen molar-refractivity contribution in [1.29, 1.82) is 0 Å². The molecule has 1 heterocycles. The smallest absolute Gasteiger partial charge is 0.502 e. The van der Waals surface area contributed by atoms with Crippen molar-refractivity contribution in [3.8, 4) is 17.0 Å². The number of sulfone groups is 1. The first-order chi connectivity index (χ1) is 11.1. The second-order valence-electron chi connectivity index (χ2n) is 5.34. The van der Waals surface area contributed by atoms with E-state index >= 15 is 0 Å². The Hall–Kier alpha value is -2.48. The number of aromatic amines is 1. The summed E-state index contributed by atoms with van der Waals surface area (Å²) >= 11 is 0. The largest absolute Gasteiger partial charge is 0.507 e. The van der Waals surface area contributed by atoms with Gasteiger partial charge in [0.25, 0.3) is 9.84 Å². The van der Waals surface area contributed by atoms with E-state index in [-0.39, 0.29) is 27.9 Å².